The summed E-state index contributed by atoms with van der Waals surface area (Å²) in [5.41, 5.74) is 8.94. The smallest absolute Gasteiger partial charge is 0.240 e. The van der Waals surface area contributed by atoms with Crippen molar-refractivity contribution < 1.29 is 13.2 Å². The molecule has 1 aliphatic rings. The number of ether oxygens (including phenoxy) is 1. The van der Waals surface area contributed by atoms with Crippen LogP contribution in [-0.2, 0) is 27.7 Å². The van der Waals surface area contributed by atoms with Crippen molar-refractivity contribution in [2.24, 2.45) is 10.7 Å². The van der Waals surface area contributed by atoms with Crippen LogP contribution in [0.3, 0.4) is 0 Å². The third kappa shape index (κ3) is 6.28. The number of hydrogen-bond acceptors (Lipinski definition) is 4. The summed E-state index contributed by atoms with van der Waals surface area (Å²) in [5, 5.41) is 3.08. The second-order valence-corrected chi connectivity index (χ2v) is 8.78. The zero-order valence-corrected chi connectivity index (χ0v) is 17.4. The van der Waals surface area contributed by atoms with E-state index in [2.05, 4.69) is 28.0 Å². The Morgan fingerprint density at radius 3 is 2.69 bits per heavy atom. The van der Waals surface area contributed by atoms with Gasteiger partial charge in [-0.15, -0.1) is 0 Å². The van der Waals surface area contributed by atoms with Crippen LogP contribution in [0.4, 0.5) is 5.69 Å². The fourth-order valence-corrected chi connectivity index (χ4v) is 4.16. The number of rotatable bonds is 8. The van der Waals surface area contributed by atoms with E-state index >= 15 is 0 Å². The van der Waals surface area contributed by atoms with Crippen molar-refractivity contribution >= 4 is 21.7 Å². The van der Waals surface area contributed by atoms with Gasteiger partial charge in [0.1, 0.15) is 0 Å². The Morgan fingerprint density at radius 2 is 2.00 bits per heavy atom. The van der Waals surface area contributed by atoms with Crippen LogP contribution < -0.4 is 15.8 Å². The van der Waals surface area contributed by atoms with Crippen molar-refractivity contribution in [2.45, 2.75) is 43.7 Å². The zero-order chi connectivity index (χ0) is 20.7. The zero-order valence-electron chi connectivity index (χ0n) is 16.6. The molecule has 0 aromatic heterocycles. The fraction of sp³-hybridized carbons (Fsp3) is 0.381. The Kier molecular flexibility index (Phi) is 7.24. The third-order valence-electron chi connectivity index (χ3n) is 4.80. The molecular formula is C21H28N4O3S. The molecule has 0 bridgehead atoms. The lowest BCUT2D eigenvalue weighted by Crippen LogP contribution is -2.31. The highest BCUT2D eigenvalue weighted by Crippen LogP contribution is 2.15. The van der Waals surface area contributed by atoms with Crippen LogP contribution in [0.1, 0.15) is 30.9 Å². The maximum Gasteiger partial charge on any atom is 0.240 e. The first kappa shape index (κ1) is 21.3. The monoisotopic (exact) mass is 416 g/mol. The molecule has 7 nitrogen and oxygen atoms in total. The molecule has 0 aliphatic carbocycles. The minimum absolute atomic E-state index is 0.0353. The summed E-state index contributed by atoms with van der Waals surface area (Å²) < 4.78 is 32.9. The highest BCUT2D eigenvalue weighted by atomic mass is 32.2. The number of nitrogens with zero attached hydrogens (tertiary/aromatic N) is 1. The third-order valence-corrected chi connectivity index (χ3v) is 6.24. The molecule has 1 unspecified atom stereocenters. The van der Waals surface area contributed by atoms with Crippen LogP contribution in [0.5, 0.6) is 0 Å². The summed E-state index contributed by atoms with van der Waals surface area (Å²) in [6, 6.07) is 14.7. The molecular weight excluding hydrogens is 388 g/mol. The van der Waals surface area contributed by atoms with Crippen molar-refractivity contribution in [3.05, 3.63) is 59.7 Å². The molecule has 0 amide bonds. The second kappa shape index (κ2) is 9.87. The molecule has 1 saturated heterocycles. The first-order chi connectivity index (χ1) is 14.0. The van der Waals surface area contributed by atoms with Gasteiger partial charge in [-0.3, -0.25) is 0 Å². The van der Waals surface area contributed by atoms with Gasteiger partial charge in [0.05, 0.1) is 17.5 Å². The van der Waals surface area contributed by atoms with Crippen LogP contribution in [0.25, 0.3) is 0 Å². The van der Waals surface area contributed by atoms with Gasteiger partial charge in [0.15, 0.2) is 5.96 Å². The number of anilines is 1. The highest BCUT2D eigenvalue weighted by molar-refractivity contribution is 7.89. The minimum Gasteiger partial charge on any atom is -0.377 e. The largest absolute Gasteiger partial charge is 0.377 e. The van der Waals surface area contributed by atoms with Gasteiger partial charge < -0.3 is 15.8 Å². The topological polar surface area (TPSA) is 106 Å². The van der Waals surface area contributed by atoms with Gasteiger partial charge in [-0.05, 0) is 54.7 Å². The van der Waals surface area contributed by atoms with E-state index in [9.17, 15) is 8.42 Å². The van der Waals surface area contributed by atoms with Crippen molar-refractivity contribution in [1.82, 2.24) is 4.72 Å². The molecule has 1 atom stereocenters. The maximum absolute atomic E-state index is 12.4. The first-order valence-corrected chi connectivity index (χ1v) is 11.3. The molecule has 3 rings (SSSR count). The van der Waals surface area contributed by atoms with Crippen molar-refractivity contribution in [2.75, 3.05) is 18.5 Å². The maximum atomic E-state index is 12.4. The Morgan fingerprint density at radius 1 is 1.21 bits per heavy atom. The predicted octanol–water partition coefficient (Wildman–Crippen LogP) is 2.63. The molecule has 1 fully saturated rings. The summed E-state index contributed by atoms with van der Waals surface area (Å²) in [7, 11) is -3.55. The Labute approximate surface area is 172 Å². The van der Waals surface area contributed by atoms with Crippen LogP contribution in [0, 0.1) is 0 Å². The molecule has 156 valence electrons. The van der Waals surface area contributed by atoms with E-state index in [0.717, 1.165) is 30.5 Å². The van der Waals surface area contributed by atoms with Crippen molar-refractivity contribution in [3.63, 3.8) is 0 Å². The SMILES string of the molecule is CCc1cccc(NC(N)=NCc2ccc(S(=O)(=O)NCC3CCCO3)cc2)c1. The summed E-state index contributed by atoms with van der Waals surface area (Å²) in [4.78, 5) is 4.55. The summed E-state index contributed by atoms with van der Waals surface area (Å²) in [6.45, 7) is 3.45. The van der Waals surface area contributed by atoms with E-state index in [4.69, 9.17) is 10.5 Å². The van der Waals surface area contributed by atoms with E-state index in [-0.39, 0.29) is 11.0 Å². The number of nitrogens with one attached hydrogen (secondary N) is 2. The summed E-state index contributed by atoms with van der Waals surface area (Å²) in [6.07, 6.45) is 2.78. The molecule has 0 spiro atoms. The van der Waals surface area contributed by atoms with Gasteiger partial charge >= 0.3 is 0 Å². The fourth-order valence-electron chi connectivity index (χ4n) is 3.10. The number of hydrogen-bond donors (Lipinski definition) is 3. The number of guanidine groups is 1. The lowest BCUT2D eigenvalue weighted by Gasteiger charge is -2.11. The first-order valence-electron chi connectivity index (χ1n) is 9.82. The number of sulfonamides is 1. The minimum atomic E-state index is -3.55. The predicted molar refractivity (Wildman–Crippen MR) is 115 cm³/mol. The van der Waals surface area contributed by atoms with Gasteiger partial charge in [-0.25, -0.2) is 18.1 Å². The van der Waals surface area contributed by atoms with Crippen LogP contribution in [0.15, 0.2) is 58.4 Å². The summed E-state index contributed by atoms with van der Waals surface area (Å²) >= 11 is 0. The second-order valence-electron chi connectivity index (χ2n) is 7.01. The van der Waals surface area contributed by atoms with E-state index in [1.54, 1.807) is 24.3 Å². The van der Waals surface area contributed by atoms with Crippen molar-refractivity contribution in [1.29, 1.82) is 0 Å². The Hall–Kier alpha value is -2.42. The lowest BCUT2D eigenvalue weighted by molar-refractivity contribution is 0.114. The van der Waals surface area contributed by atoms with E-state index < -0.39 is 10.0 Å². The molecule has 29 heavy (non-hydrogen) atoms. The number of aryl methyl sites for hydroxylation is 1. The van der Waals surface area contributed by atoms with E-state index in [1.165, 1.54) is 5.56 Å². The van der Waals surface area contributed by atoms with Gasteiger partial charge in [0.25, 0.3) is 0 Å². The average molecular weight is 417 g/mol. The lowest BCUT2D eigenvalue weighted by atomic mass is 10.1. The van der Waals surface area contributed by atoms with Gasteiger partial charge in [0.2, 0.25) is 10.0 Å². The number of aliphatic imine (C=N–C) groups is 1. The van der Waals surface area contributed by atoms with Crippen LogP contribution in [0.2, 0.25) is 0 Å². The molecule has 2 aromatic carbocycles. The number of nitrogens with two attached hydrogens (primary N) is 1. The van der Waals surface area contributed by atoms with E-state index in [0.29, 0.717) is 25.7 Å². The Balaban J connectivity index is 1.55. The molecule has 4 N–H and O–H groups in total. The standard InChI is InChI=1S/C21H28N4O3S/c1-2-16-5-3-6-18(13-16)25-21(22)23-14-17-8-10-20(11-9-17)29(26,27)24-15-19-7-4-12-28-19/h3,5-6,8-11,13,19,24H,2,4,7,12,14-15H2,1H3,(H3,22,23,25). The average Bonchev–Trinajstić information content (AvgIpc) is 3.25. The van der Waals surface area contributed by atoms with Crippen LogP contribution >= 0.6 is 0 Å². The summed E-state index contributed by atoms with van der Waals surface area (Å²) in [5.74, 6) is 0.313. The van der Waals surface area contributed by atoms with Gasteiger partial charge in [-0.2, -0.15) is 0 Å². The number of benzene rings is 2. The van der Waals surface area contributed by atoms with E-state index in [1.807, 2.05) is 18.2 Å². The van der Waals surface area contributed by atoms with Gasteiger partial charge in [-0.1, -0.05) is 31.2 Å². The molecule has 8 heteroatoms. The molecule has 0 radical (unpaired) electrons. The molecule has 1 heterocycles. The Bertz CT molecular complexity index is 937. The molecule has 1 aliphatic heterocycles. The van der Waals surface area contributed by atoms with Gasteiger partial charge in [0, 0.05) is 18.8 Å². The van der Waals surface area contributed by atoms with Crippen molar-refractivity contribution in [3.8, 4) is 0 Å². The van der Waals surface area contributed by atoms with Crippen LogP contribution in [-0.4, -0.2) is 33.6 Å². The molecule has 2 aromatic rings. The highest BCUT2D eigenvalue weighted by Gasteiger charge is 2.20. The quantitative estimate of drug-likeness (QED) is 0.453. The molecule has 0 saturated carbocycles. The normalized spacial score (nSPS) is 17.4.